The van der Waals surface area contributed by atoms with Gasteiger partial charge in [-0.3, -0.25) is 0 Å². The van der Waals surface area contributed by atoms with Crippen LogP contribution in [0.25, 0.3) is 0 Å². The van der Waals surface area contributed by atoms with Gasteiger partial charge in [0.15, 0.2) is 0 Å². The standard InChI is InChI=1S/C14H19F3N2/c1-2-18-12-7-5-9-19(10-14(15,16)17)13-8-4-3-6-11(12)13/h3-4,6,8,12,18H,2,5,7,9-10H2,1H3. The first-order valence-electron chi connectivity index (χ1n) is 6.65. The second kappa shape index (κ2) is 5.82. The van der Waals surface area contributed by atoms with E-state index in [2.05, 4.69) is 5.32 Å². The molecule has 1 aliphatic rings. The van der Waals surface area contributed by atoms with E-state index in [0.29, 0.717) is 12.2 Å². The van der Waals surface area contributed by atoms with Gasteiger partial charge in [0, 0.05) is 18.3 Å². The molecule has 0 radical (unpaired) electrons. The van der Waals surface area contributed by atoms with Gasteiger partial charge in [-0.15, -0.1) is 0 Å². The molecule has 1 atom stereocenters. The highest BCUT2D eigenvalue weighted by Crippen LogP contribution is 2.34. The maximum absolute atomic E-state index is 12.7. The smallest absolute Gasteiger partial charge is 0.362 e. The highest BCUT2D eigenvalue weighted by atomic mass is 19.4. The number of nitrogens with one attached hydrogen (secondary N) is 1. The molecule has 106 valence electrons. The Morgan fingerprint density at radius 1 is 1.32 bits per heavy atom. The van der Waals surface area contributed by atoms with E-state index >= 15 is 0 Å². The Bertz CT molecular complexity index is 417. The number of hydrogen-bond acceptors (Lipinski definition) is 2. The van der Waals surface area contributed by atoms with Crippen LogP contribution in [-0.2, 0) is 0 Å². The van der Waals surface area contributed by atoms with Crippen molar-refractivity contribution in [2.45, 2.75) is 32.0 Å². The molecule has 0 aliphatic carbocycles. The lowest BCUT2D eigenvalue weighted by Crippen LogP contribution is -2.34. The van der Waals surface area contributed by atoms with Gasteiger partial charge < -0.3 is 10.2 Å². The molecule has 2 nitrogen and oxygen atoms in total. The molecule has 5 heteroatoms. The van der Waals surface area contributed by atoms with E-state index in [1.807, 2.05) is 19.1 Å². The van der Waals surface area contributed by atoms with Gasteiger partial charge in [0.2, 0.25) is 0 Å². The van der Waals surface area contributed by atoms with E-state index in [0.717, 1.165) is 24.9 Å². The van der Waals surface area contributed by atoms with Gasteiger partial charge in [-0.1, -0.05) is 25.1 Å². The summed E-state index contributed by atoms with van der Waals surface area (Å²) in [7, 11) is 0. The minimum Gasteiger partial charge on any atom is -0.362 e. The molecule has 0 fully saturated rings. The van der Waals surface area contributed by atoms with Gasteiger partial charge >= 0.3 is 6.18 Å². The zero-order valence-corrected chi connectivity index (χ0v) is 11.0. The maximum Gasteiger partial charge on any atom is 0.405 e. The second-order valence-corrected chi connectivity index (χ2v) is 4.85. The number of halogens is 3. The number of fused-ring (bicyclic) bond motifs is 1. The average Bonchev–Trinajstić information content (AvgIpc) is 2.50. The summed E-state index contributed by atoms with van der Waals surface area (Å²) in [5.74, 6) is 0. The van der Waals surface area contributed by atoms with Crippen LogP contribution in [0.2, 0.25) is 0 Å². The molecule has 0 aromatic heterocycles. The van der Waals surface area contributed by atoms with E-state index in [4.69, 9.17) is 0 Å². The van der Waals surface area contributed by atoms with Crippen molar-refractivity contribution in [3.63, 3.8) is 0 Å². The van der Waals surface area contributed by atoms with Crippen molar-refractivity contribution in [3.8, 4) is 0 Å². The lowest BCUT2D eigenvalue weighted by Gasteiger charge is -2.26. The molecule has 0 bridgehead atoms. The van der Waals surface area contributed by atoms with Crippen LogP contribution in [0.15, 0.2) is 24.3 Å². The third-order valence-electron chi connectivity index (χ3n) is 3.39. The van der Waals surface area contributed by atoms with Gasteiger partial charge in [0.25, 0.3) is 0 Å². The summed E-state index contributed by atoms with van der Waals surface area (Å²) in [6.45, 7) is 2.42. The number of rotatable bonds is 3. The van der Waals surface area contributed by atoms with Crippen LogP contribution in [0.5, 0.6) is 0 Å². The summed E-state index contributed by atoms with van der Waals surface area (Å²) in [5, 5.41) is 3.36. The van der Waals surface area contributed by atoms with Gasteiger partial charge in [-0.2, -0.15) is 13.2 Å². The summed E-state index contributed by atoms with van der Waals surface area (Å²) < 4.78 is 38.0. The van der Waals surface area contributed by atoms with Crippen LogP contribution in [0, 0.1) is 0 Å². The Kier molecular flexibility index (Phi) is 4.34. The number of benzene rings is 1. The largest absolute Gasteiger partial charge is 0.405 e. The Morgan fingerprint density at radius 3 is 2.74 bits per heavy atom. The molecule has 0 amide bonds. The fourth-order valence-corrected chi connectivity index (χ4v) is 2.67. The number of hydrogen-bond donors (Lipinski definition) is 1. The Labute approximate surface area is 111 Å². The van der Waals surface area contributed by atoms with Crippen molar-refractivity contribution in [3.05, 3.63) is 29.8 Å². The molecule has 2 rings (SSSR count). The number of nitrogens with zero attached hydrogens (tertiary/aromatic N) is 1. The molecule has 1 unspecified atom stereocenters. The summed E-state index contributed by atoms with van der Waals surface area (Å²) in [5.41, 5.74) is 1.69. The maximum atomic E-state index is 12.7. The normalized spacial score (nSPS) is 20.0. The lowest BCUT2D eigenvalue weighted by atomic mass is 10.0. The summed E-state index contributed by atoms with van der Waals surface area (Å²) in [6, 6.07) is 7.56. The first kappa shape index (κ1) is 14.2. The monoisotopic (exact) mass is 272 g/mol. The zero-order chi connectivity index (χ0) is 13.9. The molecule has 1 aliphatic heterocycles. The van der Waals surface area contributed by atoms with Gasteiger partial charge in [0.1, 0.15) is 6.54 Å². The van der Waals surface area contributed by atoms with E-state index in [-0.39, 0.29) is 6.04 Å². The van der Waals surface area contributed by atoms with Crippen molar-refractivity contribution in [1.82, 2.24) is 5.32 Å². The fourth-order valence-electron chi connectivity index (χ4n) is 2.67. The average molecular weight is 272 g/mol. The van der Waals surface area contributed by atoms with Crippen molar-refractivity contribution in [2.24, 2.45) is 0 Å². The summed E-state index contributed by atoms with van der Waals surface area (Å²) >= 11 is 0. The van der Waals surface area contributed by atoms with Crippen molar-refractivity contribution in [2.75, 3.05) is 24.5 Å². The van der Waals surface area contributed by atoms with E-state index in [1.165, 1.54) is 4.90 Å². The Balaban J connectivity index is 2.30. The first-order valence-corrected chi connectivity index (χ1v) is 6.65. The van der Waals surface area contributed by atoms with Crippen LogP contribution in [0.4, 0.5) is 18.9 Å². The van der Waals surface area contributed by atoms with Gasteiger partial charge in [0.05, 0.1) is 0 Å². The first-order chi connectivity index (χ1) is 9.01. The predicted molar refractivity (Wildman–Crippen MR) is 70.4 cm³/mol. The van der Waals surface area contributed by atoms with Crippen molar-refractivity contribution in [1.29, 1.82) is 0 Å². The highest BCUT2D eigenvalue weighted by Gasteiger charge is 2.33. The minimum absolute atomic E-state index is 0.152. The molecule has 0 saturated carbocycles. The molecule has 1 aromatic carbocycles. The number of anilines is 1. The third-order valence-corrected chi connectivity index (χ3v) is 3.39. The van der Waals surface area contributed by atoms with Gasteiger partial charge in [-0.25, -0.2) is 0 Å². The minimum atomic E-state index is -4.16. The quantitative estimate of drug-likeness (QED) is 0.906. The van der Waals surface area contributed by atoms with E-state index in [1.54, 1.807) is 12.1 Å². The number of alkyl halides is 3. The van der Waals surface area contributed by atoms with Crippen molar-refractivity contribution >= 4 is 5.69 Å². The topological polar surface area (TPSA) is 15.3 Å². The fraction of sp³-hybridized carbons (Fsp3) is 0.571. The van der Waals surface area contributed by atoms with E-state index in [9.17, 15) is 13.2 Å². The van der Waals surface area contributed by atoms with Crippen LogP contribution in [0.1, 0.15) is 31.4 Å². The summed E-state index contributed by atoms with van der Waals surface area (Å²) in [4.78, 5) is 1.45. The molecule has 1 heterocycles. The molecule has 1 aromatic rings. The predicted octanol–water partition coefficient (Wildman–Crippen LogP) is 3.50. The molecular formula is C14H19F3N2. The molecule has 19 heavy (non-hydrogen) atoms. The van der Waals surface area contributed by atoms with Crippen LogP contribution in [0.3, 0.4) is 0 Å². The van der Waals surface area contributed by atoms with Gasteiger partial charge in [-0.05, 0) is 31.0 Å². The molecule has 0 spiro atoms. The lowest BCUT2D eigenvalue weighted by molar-refractivity contribution is -0.119. The van der Waals surface area contributed by atoms with Crippen LogP contribution < -0.4 is 10.2 Å². The second-order valence-electron chi connectivity index (χ2n) is 4.85. The zero-order valence-electron chi connectivity index (χ0n) is 11.0. The Morgan fingerprint density at radius 2 is 2.05 bits per heavy atom. The van der Waals surface area contributed by atoms with Crippen molar-refractivity contribution < 1.29 is 13.2 Å². The third kappa shape index (κ3) is 3.62. The number of para-hydroxylation sites is 1. The molecule has 1 N–H and O–H groups in total. The van der Waals surface area contributed by atoms with Crippen LogP contribution in [-0.4, -0.2) is 25.8 Å². The Hall–Kier alpha value is -1.23. The SMILES string of the molecule is CCNC1CCCN(CC(F)(F)F)c2ccccc21. The van der Waals surface area contributed by atoms with E-state index < -0.39 is 12.7 Å². The highest BCUT2D eigenvalue weighted by molar-refractivity contribution is 5.56. The summed E-state index contributed by atoms with van der Waals surface area (Å²) in [6.07, 6.45) is -2.52. The molecule has 0 saturated heterocycles. The molecular weight excluding hydrogens is 253 g/mol. The van der Waals surface area contributed by atoms with Crippen LogP contribution >= 0.6 is 0 Å².